The molecule has 0 aromatic heterocycles. The molecule has 20 heavy (non-hydrogen) atoms. The normalized spacial score (nSPS) is 23.1. The number of piperidine rings is 1. The number of benzene rings is 1. The van der Waals surface area contributed by atoms with Crippen LogP contribution in [-0.2, 0) is 9.53 Å². The molecule has 0 aliphatic carbocycles. The molecule has 1 aromatic rings. The third kappa shape index (κ3) is 3.21. The maximum Gasteiger partial charge on any atom is 0.309 e. The Balaban J connectivity index is 2.16. The van der Waals surface area contributed by atoms with E-state index < -0.39 is 0 Å². The molecule has 1 aliphatic heterocycles. The lowest BCUT2D eigenvalue weighted by molar-refractivity contribution is -0.148. The first-order valence-corrected chi connectivity index (χ1v) is 7.53. The first kappa shape index (κ1) is 15.0. The molecule has 0 amide bonds. The number of carbonyl (C=O) groups excluding carboxylic acids is 1. The first-order valence-electron chi connectivity index (χ1n) is 7.53. The minimum Gasteiger partial charge on any atom is -0.469 e. The summed E-state index contributed by atoms with van der Waals surface area (Å²) in [5.74, 6) is -0.159. The monoisotopic (exact) mass is 275 g/mol. The van der Waals surface area contributed by atoms with Crippen molar-refractivity contribution < 1.29 is 9.53 Å². The van der Waals surface area contributed by atoms with Gasteiger partial charge >= 0.3 is 5.97 Å². The summed E-state index contributed by atoms with van der Waals surface area (Å²) in [6, 6.07) is 11.2. The Kier molecular flexibility index (Phi) is 5.18. The van der Waals surface area contributed by atoms with Crippen molar-refractivity contribution in [1.29, 1.82) is 0 Å². The number of methoxy groups -OCH3 is 1. The van der Waals surface area contributed by atoms with Crippen molar-refractivity contribution in [2.45, 2.75) is 45.2 Å². The van der Waals surface area contributed by atoms with Crippen molar-refractivity contribution >= 4 is 5.97 Å². The second-order valence-electron chi connectivity index (χ2n) is 5.70. The lowest BCUT2D eigenvalue weighted by Crippen LogP contribution is -2.47. The number of rotatable bonds is 4. The summed E-state index contributed by atoms with van der Waals surface area (Å²) in [7, 11) is 1.48. The molecule has 1 heterocycles. The Morgan fingerprint density at radius 2 is 1.95 bits per heavy atom. The predicted octanol–water partition coefficient (Wildman–Crippen LogP) is 3.41. The van der Waals surface area contributed by atoms with Crippen molar-refractivity contribution in [3.05, 3.63) is 35.9 Å². The summed E-state index contributed by atoms with van der Waals surface area (Å²) in [6.45, 7) is 5.28. The summed E-state index contributed by atoms with van der Waals surface area (Å²) in [5.41, 5.74) is 1.32. The molecular formula is C17H25NO2. The van der Waals surface area contributed by atoms with E-state index in [0.29, 0.717) is 6.04 Å². The summed E-state index contributed by atoms with van der Waals surface area (Å²) < 4.78 is 4.93. The molecule has 110 valence electrons. The lowest BCUT2D eigenvalue weighted by Gasteiger charge is -2.42. The van der Waals surface area contributed by atoms with Crippen molar-refractivity contribution in [3.63, 3.8) is 0 Å². The van der Waals surface area contributed by atoms with Gasteiger partial charge in [-0.15, -0.1) is 0 Å². The van der Waals surface area contributed by atoms with Crippen LogP contribution in [0.15, 0.2) is 30.3 Å². The standard InChI is InChI=1S/C17H25NO2/c1-13(17(19)20-3)16-11-7-8-12-18(16)14(2)15-9-5-4-6-10-15/h4-6,9-10,13-14,16H,7-8,11-12H2,1-3H3/t13-,14+,16-/m0/s1. The SMILES string of the molecule is COC(=O)[C@@H](C)[C@@H]1CCCCN1[C@H](C)c1ccccc1. The van der Waals surface area contributed by atoms with E-state index in [-0.39, 0.29) is 17.9 Å². The number of hydrogen-bond acceptors (Lipinski definition) is 3. The van der Waals surface area contributed by atoms with Gasteiger partial charge in [-0.25, -0.2) is 0 Å². The van der Waals surface area contributed by atoms with E-state index in [1.54, 1.807) is 0 Å². The number of carbonyl (C=O) groups is 1. The van der Waals surface area contributed by atoms with Gasteiger partial charge in [0.2, 0.25) is 0 Å². The van der Waals surface area contributed by atoms with Crippen LogP contribution in [0.25, 0.3) is 0 Å². The molecule has 0 saturated carbocycles. The van der Waals surface area contributed by atoms with Crippen molar-refractivity contribution in [2.24, 2.45) is 5.92 Å². The van der Waals surface area contributed by atoms with Gasteiger partial charge in [-0.2, -0.15) is 0 Å². The highest BCUT2D eigenvalue weighted by Gasteiger charge is 2.34. The average Bonchev–Trinajstić information content (AvgIpc) is 2.53. The predicted molar refractivity (Wildman–Crippen MR) is 80.4 cm³/mol. The van der Waals surface area contributed by atoms with Gasteiger partial charge in [0.25, 0.3) is 0 Å². The Hall–Kier alpha value is -1.35. The van der Waals surface area contributed by atoms with E-state index in [9.17, 15) is 4.79 Å². The fourth-order valence-corrected chi connectivity index (χ4v) is 3.26. The van der Waals surface area contributed by atoms with Crippen LogP contribution < -0.4 is 0 Å². The second-order valence-corrected chi connectivity index (χ2v) is 5.70. The van der Waals surface area contributed by atoms with Crippen LogP contribution in [0.1, 0.15) is 44.7 Å². The molecule has 3 nitrogen and oxygen atoms in total. The quantitative estimate of drug-likeness (QED) is 0.789. The Morgan fingerprint density at radius 3 is 2.60 bits per heavy atom. The minimum absolute atomic E-state index is 0.0635. The van der Waals surface area contributed by atoms with Gasteiger partial charge in [-0.05, 0) is 31.9 Å². The average molecular weight is 275 g/mol. The highest BCUT2D eigenvalue weighted by molar-refractivity contribution is 5.72. The zero-order valence-corrected chi connectivity index (χ0v) is 12.7. The number of esters is 1. The Morgan fingerprint density at radius 1 is 1.25 bits per heavy atom. The molecule has 1 saturated heterocycles. The molecular weight excluding hydrogens is 250 g/mol. The van der Waals surface area contributed by atoms with Crippen molar-refractivity contribution in [1.82, 2.24) is 4.90 Å². The zero-order chi connectivity index (χ0) is 14.5. The van der Waals surface area contributed by atoms with Gasteiger partial charge < -0.3 is 4.74 Å². The number of likely N-dealkylation sites (tertiary alicyclic amines) is 1. The molecule has 3 atom stereocenters. The molecule has 1 fully saturated rings. The Bertz CT molecular complexity index is 432. The zero-order valence-electron chi connectivity index (χ0n) is 12.7. The summed E-state index contributed by atoms with van der Waals surface area (Å²) in [6.07, 6.45) is 3.49. The molecule has 0 radical (unpaired) electrons. The minimum atomic E-state index is -0.0952. The summed E-state index contributed by atoms with van der Waals surface area (Å²) in [4.78, 5) is 14.3. The van der Waals surface area contributed by atoms with Crippen LogP contribution in [0.5, 0.6) is 0 Å². The molecule has 3 heteroatoms. The lowest BCUT2D eigenvalue weighted by atomic mass is 9.89. The second kappa shape index (κ2) is 6.89. The molecule has 0 bridgehead atoms. The highest BCUT2D eigenvalue weighted by Crippen LogP contribution is 2.32. The van der Waals surface area contributed by atoms with Crippen LogP contribution in [0.4, 0.5) is 0 Å². The van der Waals surface area contributed by atoms with Gasteiger partial charge in [0.15, 0.2) is 0 Å². The van der Waals surface area contributed by atoms with Crippen LogP contribution in [-0.4, -0.2) is 30.6 Å². The van der Waals surface area contributed by atoms with E-state index in [4.69, 9.17) is 4.74 Å². The van der Waals surface area contributed by atoms with Crippen LogP contribution in [0, 0.1) is 5.92 Å². The van der Waals surface area contributed by atoms with E-state index in [1.165, 1.54) is 25.5 Å². The van der Waals surface area contributed by atoms with Crippen LogP contribution in [0.2, 0.25) is 0 Å². The van der Waals surface area contributed by atoms with Crippen molar-refractivity contribution in [3.8, 4) is 0 Å². The van der Waals surface area contributed by atoms with E-state index in [2.05, 4.69) is 36.1 Å². The van der Waals surface area contributed by atoms with E-state index in [1.807, 2.05) is 13.0 Å². The maximum atomic E-state index is 11.9. The van der Waals surface area contributed by atoms with Gasteiger partial charge in [-0.1, -0.05) is 43.7 Å². The first-order chi connectivity index (χ1) is 9.65. The van der Waals surface area contributed by atoms with Gasteiger partial charge in [0.1, 0.15) is 0 Å². The number of hydrogen-bond donors (Lipinski definition) is 0. The van der Waals surface area contributed by atoms with E-state index >= 15 is 0 Å². The van der Waals surface area contributed by atoms with Gasteiger partial charge in [0, 0.05) is 12.1 Å². The fourth-order valence-electron chi connectivity index (χ4n) is 3.26. The molecule has 0 unspecified atom stereocenters. The molecule has 0 spiro atoms. The maximum absolute atomic E-state index is 11.9. The number of ether oxygens (including phenoxy) is 1. The number of nitrogens with zero attached hydrogens (tertiary/aromatic N) is 1. The van der Waals surface area contributed by atoms with Crippen LogP contribution in [0.3, 0.4) is 0 Å². The molecule has 1 aliphatic rings. The van der Waals surface area contributed by atoms with E-state index in [0.717, 1.165) is 13.0 Å². The third-order valence-electron chi connectivity index (χ3n) is 4.52. The third-order valence-corrected chi connectivity index (χ3v) is 4.52. The summed E-state index contributed by atoms with van der Waals surface area (Å²) >= 11 is 0. The highest BCUT2D eigenvalue weighted by atomic mass is 16.5. The fraction of sp³-hybridized carbons (Fsp3) is 0.588. The smallest absolute Gasteiger partial charge is 0.309 e. The molecule has 1 aromatic carbocycles. The van der Waals surface area contributed by atoms with Gasteiger partial charge in [-0.3, -0.25) is 9.69 Å². The molecule has 0 N–H and O–H groups in total. The Labute approximate surface area is 121 Å². The topological polar surface area (TPSA) is 29.5 Å². The van der Waals surface area contributed by atoms with Gasteiger partial charge in [0.05, 0.1) is 13.0 Å². The summed E-state index contributed by atoms with van der Waals surface area (Å²) in [5, 5.41) is 0. The largest absolute Gasteiger partial charge is 0.469 e. The van der Waals surface area contributed by atoms with Crippen LogP contribution >= 0.6 is 0 Å². The van der Waals surface area contributed by atoms with Crippen molar-refractivity contribution in [2.75, 3.05) is 13.7 Å². The molecule has 2 rings (SSSR count).